The molecule has 1 N–H and O–H groups in total. The third kappa shape index (κ3) is 2.54. The Balaban J connectivity index is 1.99. The number of hydrogen-bond donors (Lipinski definition) is 1. The maximum absolute atomic E-state index is 3.53. The average molecular weight is 210 g/mol. The lowest BCUT2D eigenvalue weighted by molar-refractivity contribution is 0.0620. The predicted molar refractivity (Wildman–Crippen MR) is 65.1 cm³/mol. The molecule has 15 heavy (non-hydrogen) atoms. The van der Waals surface area contributed by atoms with Crippen molar-refractivity contribution in [2.45, 2.75) is 70.0 Å². The SMILES string of the molecule is CNC1CCCCC1N1CCCCC1C. The average Bonchev–Trinajstić information content (AvgIpc) is 2.30. The van der Waals surface area contributed by atoms with Crippen LogP contribution in [-0.2, 0) is 0 Å². The third-order valence-corrected chi connectivity index (χ3v) is 4.38. The van der Waals surface area contributed by atoms with E-state index in [1.54, 1.807) is 0 Å². The van der Waals surface area contributed by atoms with Crippen LogP contribution in [0.25, 0.3) is 0 Å². The van der Waals surface area contributed by atoms with E-state index >= 15 is 0 Å². The lowest BCUT2D eigenvalue weighted by Gasteiger charge is -2.45. The van der Waals surface area contributed by atoms with Gasteiger partial charge >= 0.3 is 0 Å². The molecule has 0 aromatic rings. The van der Waals surface area contributed by atoms with Gasteiger partial charge < -0.3 is 5.32 Å². The highest BCUT2D eigenvalue weighted by molar-refractivity contribution is 4.90. The molecule has 0 amide bonds. The van der Waals surface area contributed by atoms with Crippen LogP contribution in [0.3, 0.4) is 0 Å². The Morgan fingerprint density at radius 1 is 1.00 bits per heavy atom. The summed E-state index contributed by atoms with van der Waals surface area (Å²) in [5, 5.41) is 3.53. The van der Waals surface area contributed by atoms with Crippen LogP contribution in [-0.4, -0.2) is 36.6 Å². The van der Waals surface area contributed by atoms with Crippen molar-refractivity contribution in [3.05, 3.63) is 0 Å². The highest BCUT2D eigenvalue weighted by Crippen LogP contribution is 2.28. The molecule has 1 heterocycles. The van der Waals surface area contributed by atoms with Gasteiger partial charge in [-0.15, -0.1) is 0 Å². The van der Waals surface area contributed by atoms with Gasteiger partial charge in [-0.05, 0) is 46.2 Å². The van der Waals surface area contributed by atoms with Gasteiger partial charge in [0.25, 0.3) is 0 Å². The predicted octanol–water partition coefficient (Wildman–Crippen LogP) is 2.39. The van der Waals surface area contributed by atoms with Crippen molar-refractivity contribution in [2.24, 2.45) is 0 Å². The van der Waals surface area contributed by atoms with Gasteiger partial charge in [-0.3, -0.25) is 4.90 Å². The lowest BCUT2D eigenvalue weighted by atomic mass is 9.87. The Hall–Kier alpha value is -0.0800. The summed E-state index contributed by atoms with van der Waals surface area (Å²) in [5.41, 5.74) is 0. The smallest absolute Gasteiger partial charge is 0.0252 e. The maximum atomic E-state index is 3.53. The first-order valence-corrected chi connectivity index (χ1v) is 6.76. The van der Waals surface area contributed by atoms with Gasteiger partial charge in [-0.2, -0.15) is 0 Å². The molecule has 0 spiro atoms. The van der Waals surface area contributed by atoms with Gasteiger partial charge in [-0.1, -0.05) is 19.3 Å². The van der Waals surface area contributed by atoms with E-state index in [0.717, 1.165) is 18.1 Å². The van der Waals surface area contributed by atoms with E-state index in [0.29, 0.717) is 0 Å². The van der Waals surface area contributed by atoms with Gasteiger partial charge in [0, 0.05) is 18.1 Å². The zero-order valence-corrected chi connectivity index (χ0v) is 10.3. The Kier molecular flexibility index (Phi) is 4.04. The monoisotopic (exact) mass is 210 g/mol. The number of piperidine rings is 1. The molecule has 1 aliphatic carbocycles. The van der Waals surface area contributed by atoms with Crippen LogP contribution in [0.15, 0.2) is 0 Å². The quantitative estimate of drug-likeness (QED) is 0.753. The van der Waals surface area contributed by atoms with Gasteiger partial charge in [0.15, 0.2) is 0 Å². The van der Waals surface area contributed by atoms with Crippen molar-refractivity contribution >= 4 is 0 Å². The molecule has 2 fully saturated rings. The number of nitrogens with zero attached hydrogens (tertiary/aromatic N) is 1. The number of nitrogens with one attached hydrogen (secondary N) is 1. The summed E-state index contributed by atoms with van der Waals surface area (Å²) in [6, 6.07) is 2.39. The van der Waals surface area contributed by atoms with Crippen molar-refractivity contribution < 1.29 is 0 Å². The molecule has 0 bridgehead atoms. The van der Waals surface area contributed by atoms with E-state index in [4.69, 9.17) is 0 Å². The first-order chi connectivity index (χ1) is 7.33. The summed E-state index contributed by atoms with van der Waals surface area (Å²) in [7, 11) is 2.14. The zero-order chi connectivity index (χ0) is 10.7. The van der Waals surface area contributed by atoms with Crippen LogP contribution in [0.5, 0.6) is 0 Å². The minimum atomic E-state index is 0.749. The third-order valence-electron chi connectivity index (χ3n) is 4.38. The molecular weight excluding hydrogens is 184 g/mol. The Bertz CT molecular complexity index is 193. The number of rotatable bonds is 2. The van der Waals surface area contributed by atoms with Gasteiger partial charge in [0.1, 0.15) is 0 Å². The zero-order valence-electron chi connectivity index (χ0n) is 10.3. The number of likely N-dealkylation sites (N-methyl/N-ethyl adjacent to an activating group) is 1. The summed E-state index contributed by atoms with van der Waals surface area (Å²) in [5.74, 6) is 0. The van der Waals surface area contributed by atoms with Crippen LogP contribution in [0.4, 0.5) is 0 Å². The maximum Gasteiger partial charge on any atom is 0.0252 e. The fourth-order valence-electron chi connectivity index (χ4n) is 3.46. The molecule has 3 atom stereocenters. The lowest BCUT2D eigenvalue weighted by Crippen LogP contribution is -2.55. The summed E-state index contributed by atoms with van der Waals surface area (Å²) in [6.07, 6.45) is 9.91. The largest absolute Gasteiger partial charge is 0.315 e. The molecule has 2 rings (SSSR count). The van der Waals surface area contributed by atoms with Crippen LogP contribution in [0.1, 0.15) is 51.9 Å². The van der Waals surface area contributed by atoms with E-state index in [9.17, 15) is 0 Å². The second-order valence-electron chi connectivity index (χ2n) is 5.33. The van der Waals surface area contributed by atoms with Crippen LogP contribution >= 0.6 is 0 Å². The van der Waals surface area contributed by atoms with Crippen molar-refractivity contribution in [1.29, 1.82) is 0 Å². The molecule has 88 valence electrons. The Labute approximate surface area is 94.4 Å². The van der Waals surface area contributed by atoms with E-state index < -0.39 is 0 Å². The summed E-state index contributed by atoms with van der Waals surface area (Å²) < 4.78 is 0. The summed E-state index contributed by atoms with van der Waals surface area (Å²) >= 11 is 0. The van der Waals surface area contributed by atoms with Crippen LogP contribution in [0, 0.1) is 0 Å². The topological polar surface area (TPSA) is 15.3 Å². The molecule has 0 aromatic heterocycles. The number of hydrogen-bond acceptors (Lipinski definition) is 2. The molecular formula is C13H26N2. The molecule has 1 saturated carbocycles. The van der Waals surface area contributed by atoms with Gasteiger partial charge in [0.05, 0.1) is 0 Å². The molecule has 2 heteroatoms. The van der Waals surface area contributed by atoms with Crippen LogP contribution < -0.4 is 5.32 Å². The van der Waals surface area contributed by atoms with Crippen molar-refractivity contribution in [2.75, 3.05) is 13.6 Å². The summed E-state index contributed by atoms with van der Waals surface area (Å²) in [6.45, 7) is 3.75. The van der Waals surface area contributed by atoms with Crippen molar-refractivity contribution in [3.8, 4) is 0 Å². The molecule has 2 aliphatic rings. The second-order valence-corrected chi connectivity index (χ2v) is 5.33. The molecule has 2 nitrogen and oxygen atoms in total. The molecule has 1 aliphatic heterocycles. The van der Waals surface area contributed by atoms with Crippen molar-refractivity contribution in [1.82, 2.24) is 10.2 Å². The molecule has 1 saturated heterocycles. The van der Waals surface area contributed by atoms with Gasteiger partial charge in [-0.25, -0.2) is 0 Å². The molecule has 0 radical (unpaired) electrons. The normalized spacial score (nSPS) is 39.2. The molecule has 0 aromatic carbocycles. The standard InChI is InChI=1S/C13H26N2/c1-11-7-5-6-10-15(11)13-9-4-3-8-12(13)14-2/h11-14H,3-10H2,1-2H3. The van der Waals surface area contributed by atoms with Crippen LogP contribution in [0.2, 0.25) is 0 Å². The highest BCUT2D eigenvalue weighted by Gasteiger charge is 2.32. The summed E-state index contributed by atoms with van der Waals surface area (Å²) in [4.78, 5) is 2.78. The first kappa shape index (κ1) is 11.4. The Morgan fingerprint density at radius 2 is 1.73 bits per heavy atom. The van der Waals surface area contributed by atoms with Crippen molar-refractivity contribution in [3.63, 3.8) is 0 Å². The number of likely N-dealkylation sites (tertiary alicyclic amines) is 1. The van der Waals surface area contributed by atoms with E-state index in [-0.39, 0.29) is 0 Å². The minimum absolute atomic E-state index is 0.749. The first-order valence-electron chi connectivity index (χ1n) is 6.76. The Morgan fingerprint density at radius 3 is 2.47 bits per heavy atom. The second kappa shape index (κ2) is 5.31. The molecule has 3 unspecified atom stereocenters. The minimum Gasteiger partial charge on any atom is -0.315 e. The van der Waals surface area contributed by atoms with E-state index in [1.165, 1.54) is 51.5 Å². The van der Waals surface area contributed by atoms with E-state index in [2.05, 4.69) is 24.2 Å². The fraction of sp³-hybridized carbons (Fsp3) is 1.00. The van der Waals surface area contributed by atoms with E-state index in [1.807, 2.05) is 0 Å². The fourth-order valence-corrected chi connectivity index (χ4v) is 3.46. The van der Waals surface area contributed by atoms with Gasteiger partial charge in [0.2, 0.25) is 0 Å². The highest BCUT2D eigenvalue weighted by atomic mass is 15.2.